The Kier molecular flexibility index (Phi) is 8.02. The summed E-state index contributed by atoms with van der Waals surface area (Å²) in [6.07, 6.45) is -0.0656. The maximum atomic E-state index is 12.1. The van der Waals surface area contributed by atoms with Gasteiger partial charge in [0.15, 0.2) is 6.10 Å². The molecule has 0 heterocycles. The number of anilines is 1. The molecule has 0 fully saturated rings. The number of halogens is 1. The molecule has 2 aromatic rings. The molecule has 7 heteroatoms. The van der Waals surface area contributed by atoms with Crippen molar-refractivity contribution in [3.05, 3.63) is 64.7 Å². The fourth-order valence-electron chi connectivity index (χ4n) is 2.36. The van der Waals surface area contributed by atoms with Crippen LogP contribution in [0, 0.1) is 0 Å². The number of carbonyl (C=O) groups excluding carboxylic acids is 3. The van der Waals surface area contributed by atoms with Crippen LogP contribution < -0.4 is 10.6 Å². The van der Waals surface area contributed by atoms with E-state index in [4.69, 9.17) is 16.3 Å². The molecule has 6 nitrogen and oxygen atoms in total. The van der Waals surface area contributed by atoms with E-state index in [-0.39, 0.29) is 18.9 Å². The van der Waals surface area contributed by atoms with Gasteiger partial charge in [-0.1, -0.05) is 30.7 Å². The number of esters is 1. The van der Waals surface area contributed by atoms with Crippen LogP contribution in [0.1, 0.15) is 36.2 Å². The molecule has 28 heavy (non-hydrogen) atoms. The Morgan fingerprint density at radius 3 is 2.29 bits per heavy atom. The van der Waals surface area contributed by atoms with Crippen molar-refractivity contribution in [2.45, 2.75) is 32.8 Å². The molecule has 0 spiro atoms. The van der Waals surface area contributed by atoms with E-state index in [1.807, 2.05) is 19.1 Å². The lowest BCUT2D eigenvalue weighted by atomic mass is 10.1. The predicted molar refractivity (Wildman–Crippen MR) is 108 cm³/mol. The minimum Gasteiger partial charge on any atom is -0.452 e. The van der Waals surface area contributed by atoms with Gasteiger partial charge in [0, 0.05) is 22.8 Å². The van der Waals surface area contributed by atoms with Crippen LogP contribution in [0.25, 0.3) is 0 Å². The van der Waals surface area contributed by atoms with E-state index in [1.54, 1.807) is 36.4 Å². The van der Waals surface area contributed by atoms with Crippen molar-refractivity contribution in [3.63, 3.8) is 0 Å². The summed E-state index contributed by atoms with van der Waals surface area (Å²) in [5.41, 5.74) is 2.25. The topological polar surface area (TPSA) is 84.5 Å². The number of hydrogen-bond acceptors (Lipinski definition) is 4. The van der Waals surface area contributed by atoms with E-state index >= 15 is 0 Å². The summed E-state index contributed by atoms with van der Waals surface area (Å²) >= 11 is 5.78. The summed E-state index contributed by atoms with van der Waals surface area (Å²) in [6, 6.07) is 13.9. The third-order valence-corrected chi connectivity index (χ3v) is 4.28. The highest BCUT2D eigenvalue weighted by Gasteiger charge is 2.18. The summed E-state index contributed by atoms with van der Waals surface area (Å²) in [7, 11) is 0. The monoisotopic (exact) mass is 402 g/mol. The van der Waals surface area contributed by atoms with Gasteiger partial charge in [0.25, 0.3) is 11.8 Å². The molecule has 148 valence electrons. The normalized spacial score (nSPS) is 11.4. The summed E-state index contributed by atoms with van der Waals surface area (Å²) < 4.78 is 5.11. The molecular formula is C21H23ClN2O4. The van der Waals surface area contributed by atoms with Gasteiger partial charge < -0.3 is 15.4 Å². The summed E-state index contributed by atoms with van der Waals surface area (Å²) in [5, 5.41) is 5.86. The van der Waals surface area contributed by atoms with Crippen LogP contribution in [0.4, 0.5) is 5.69 Å². The summed E-state index contributed by atoms with van der Waals surface area (Å²) in [6.45, 7) is 3.65. The predicted octanol–water partition coefficient (Wildman–Crippen LogP) is 3.59. The van der Waals surface area contributed by atoms with E-state index in [0.29, 0.717) is 16.3 Å². The van der Waals surface area contributed by atoms with Gasteiger partial charge >= 0.3 is 5.97 Å². The van der Waals surface area contributed by atoms with Gasteiger partial charge in [-0.25, -0.2) is 0 Å². The molecule has 0 radical (unpaired) electrons. The smallest absolute Gasteiger partial charge is 0.308 e. The number of hydrogen-bond donors (Lipinski definition) is 2. The Hall–Kier alpha value is -2.86. The number of rotatable bonds is 8. The molecule has 0 aliphatic carbocycles. The minimum atomic E-state index is -0.940. The molecule has 0 aliphatic rings. The van der Waals surface area contributed by atoms with Gasteiger partial charge in [0.1, 0.15) is 0 Å². The van der Waals surface area contributed by atoms with Crippen molar-refractivity contribution in [2.24, 2.45) is 0 Å². The lowest BCUT2D eigenvalue weighted by Gasteiger charge is -2.14. The van der Waals surface area contributed by atoms with Gasteiger partial charge in [-0.15, -0.1) is 0 Å². The van der Waals surface area contributed by atoms with E-state index in [9.17, 15) is 14.4 Å². The molecule has 0 saturated heterocycles. The van der Waals surface area contributed by atoms with Gasteiger partial charge in [-0.05, 0) is 55.3 Å². The molecule has 2 N–H and O–H groups in total. The largest absolute Gasteiger partial charge is 0.452 e. The van der Waals surface area contributed by atoms with Crippen molar-refractivity contribution >= 4 is 35.1 Å². The molecule has 0 aromatic heterocycles. The van der Waals surface area contributed by atoms with Gasteiger partial charge in [0.05, 0.1) is 6.42 Å². The second-order valence-electron chi connectivity index (χ2n) is 6.18. The van der Waals surface area contributed by atoms with E-state index in [0.717, 1.165) is 12.0 Å². The number of aryl methyl sites for hydroxylation is 1. The lowest BCUT2D eigenvalue weighted by molar-refractivity contribution is -0.153. The fraction of sp³-hybridized carbons (Fsp3) is 0.286. The van der Waals surface area contributed by atoms with Crippen LogP contribution in [0.2, 0.25) is 5.02 Å². The Labute approximate surface area is 169 Å². The first-order valence-electron chi connectivity index (χ1n) is 9.02. The quantitative estimate of drug-likeness (QED) is 0.661. The number of carbonyl (C=O) groups is 3. The van der Waals surface area contributed by atoms with Crippen molar-refractivity contribution in [1.29, 1.82) is 0 Å². The Morgan fingerprint density at radius 2 is 1.68 bits per heavy atom. The maximum Gasteiger partial charge on any atom is 0.308 e. The second kappa shape index (κ2) is 10.5. The first-order chi connectivity index (χ1) is 13.4. The average molecular weight is 403 g/mol. The Balaban J connectivity index is 1.72. The van der Waals surface area contributed by atoms with Crippen molar-refractivity contribution in [3.8, 4) is 0 Å². The van der Waals surface area contributed by atoms with Crippen molar-refractivity contribution in [2.75, 3.05) is 11.9 Å². The minimum absolute atomic E-state index is 0.0395. The van der Waals surface area contributed by atoms with Gasteiger partial charge in [-0.3, -0.25) is 14.4 Å². The highest BCUT2D eigenvalue weighted by molar-refractivity contribution is 6.30. The zero-order valence-corrected chi connectivity index (χ0v) is 16.6. The summed E-state index contributed by atoms with van der Waals surface area (Å²) in [4.78, 5) is 36.0. The van der Waals surface area contributed by atoms with Crippen LogP contribution in [-0.4, -0.2) is 30.4 Å². The first kappa shape index (κ1) is 21.4. The molecule has 1 unspecified atom stereocenters. The maximum absolute atomic E-state index is 12.1. The lowest BCUT2D eigenvalue weighted by Crippen LogP contribution is -2.32. The van der Waals surface area contributed by atoms with Crippen molar-refractivity contribution < 1.29 is 19.1 Å². The zero-order chi connectivity index (χ0) is 20.5. The summed E-state index contributed by atoms with van der Waals surface area (Å²) in [5.74, 6) is -1.30. The standard InChI is InChI=1S/C21H23ClN2O4/c1-3-15-4-10-18(11-5-15)24-20(26)14(2)28-19(25)12-13-23-21(27)16-6-8-17(22)9-7-16/h4-11,14H,3,12-13H2,1-2H3,(H,23,27)(H,24,26). The van der Waals surface area contributed by atoms with Crippen LogP contribution in [0.15, 0.2) is 48.5 Å². The molecule has 0 aliphatic heterocycles. The third kappa shape index (κ3) is 6.70. The van der Waals surface area contributed by atoms with Gasteiger partial charge in [-0.2, -0.15) is 0 Å². The highest BCUT2D eigenvalue weighted by Crippen LogP contribution is 2.11. The first-order valence-corrected chi connectivity index (χ1v) is 9.40. The molecule has 2 amide bonds. The van der Waals surface area contributed by atoms with E-state index in [1.165, 1.54) is 6.92 Å². The number of ether oxygens (including phenoxy) is 1. The zero-order valence-electron chi connectivity index (χ0n) is 15.8. The average Bonchev–Trinajstić information content (AvgIpc) is 2.68. The van der Waals surface area contributed by atoms with Crippen molar-refractivity contribution in [1.82, 2.24) is 5.32 Å². The highest BCUT2D eigenvalue weighted by atomic mass is 35.5. The number of amides is 2. The van der Waals surface area contributed by atoms with E-state index in [2.05, 4.69) is 10.6 Å². The Bertz CT molecular complexity index is 819. The van der Waals surface area contributed by atoms with Crippen LogP contribution >= 0.6 is 11.6 Å². The molecular weight excluding hydrogens is 380 g/mol. The van der Waals surface area contributed by atoms with Gasteiger partial charge in [0.2, 0.25) is 0 Å². The van der Waals surface area contributed by atoms with E-state index < -0.39 is 18.0 Å². The number of nitrogens with one attached hydrogen (secondary N) is 2. The SMILES string of the molecule is CCc1ccc(NC(=O)C(C)OC(=O)CCNC(=O)c2ccc(Cl)cc2)cc1. The van der Waals surface area contributed by atoms with Crippen LogP contribution in [0.3, 0.4) is 0 Å². The van der Waals surface area contributed by atoms with Crippen LogP contribution in [0.5, 0.6) is 0 Å². The molecule has 0 bridgehead atoms. The molecule has 2 rings (SSSR count). The molecule has 1 atom stereocenters. The van der Waals surface area contributed by atoms with Crippen LogP contribution in [-0.2, 0) is 20.7 Å². The second-order valence-corrected chi connectivity index (χ2v) is 6.62. The Morgan fingerprint density at radius 1 is 1.04 bits per heavy atom. The fourth-order valence-corrected chi connectivity index (χ4v) is 2.48. The molecule has 0 saturated carbocycles. The third-order valence-electron chi connectivity index (χ3n) is 4.03. The number of benzene rings is 2. The molecule has 2 aromatic carbocycles.